The maximum atomic E-state index is 6.26. The molecule has 2 aromatic carbocycles. The van der Waals surface area contributed by atoms with Crippen LogP contribution in [0.4, 0.5) is 0 Å². The number of fused-ring (bicyclic) bond motifs is 1. The topological polar surface area (TPSA) is 41.1 Å². The summed E-state index contributed by atoms with van der Waals surface area (Å²) in [4.78, 5) is 2.44. The van der Waals surface area contributed by atoms with Crippen LogP contribution in [0.2, 0.25) is 5.02 Å². The standard InChI is InChI=1S/C19H20ClN3O/c20-18-4-2-1-3-14(18)13-23-9-7-16(8-10-23)24-17-5-6-19-15(11-17)12-21-22-19/h1-6,11-12,16H,7-10,13H2,(H,21,22). The minimum Gasteiger partial charge on any atom is -0.490 e. The van der Waals surface area contributed by atoms with E-state index in [1.165, 1.54) is 5.56 Å². The summed E-state index contributed by atoms with van der Waals surface area (Å²) in [6, 6.07) is 14.2. The van der Waals surface area contributed by atoms with Gasteiger partial charge >= 0.3 is 0 Å². The van der Waals surface area contributed by atoms with E-state index in [4.69, 9.17) is 16.3 Å². The van der Waals surface area contributed by atoms with Crippen LogP contribution in [0, 0.1) is 0 Å². The normalized spacial score (nSPS) is 16.5. The van der Waals surface area contributed by atoms with Gasteiger partial charge in [-0.05, 0) is 42.7 Å². The molecule has 0 atom stereocenters. The van der Waals surface area contributed by atoms with Crippen molar-refractivity contribution in [3.05, 3.63) is 59.2 Å². The molecular weight excluding hydrogens is 322 g/mol. The number of benzene rings is 2. The van der Waals surface area contributed by atoms with E-state index in [1.54, 1.807) is 0 Å². The number of nitrogens with zero attached hydrogens (tertiary/aromatic N) is 2. The Bertz CT molecular complexity index is 824. The van der Waals surface area contributed by atoms with Gasteiger partial charge in [-0.15, -0.1) is 0 Å². The van der Waals surface area contributed by atoms with Crippen LogP contribution in [0.1, 0.15) is 18.4 Å². The molecule has 1 aromatic heterocycles. The van der Waals surface area contributed by atoms with Gasteiger partial charge in [0.05, 0.1) is 11.7 Å². The highest BCUT2D eigenvalue weighted by Crippen LogP contribution is 2.24. The summed E-state index contributed by atoms with van der Waals surface area (Å²) in [6.07, 6.45) is 4.17. The van der Waals surface area contributed by atoms with Crippen LogP contribution in [0.5, 0.6) is 5.75 Å². The Hall–Kier alpha value is -2.04. The highest BCUT2D eigenvalue weighted by atomic mass is 35.5. The lowest BCUT2D eigenvalue weighted by Crippen LogP contribution is -2.37. The molecule has 4 nitrogen and oxygen atoms in total. The van der Waals surface area contributed by atoms with Gasteiger partial charge in [-0.2, -0.15) is 5.10 Å². The van der Waals surface area contributed by atoms with Crippen LogP contribution in [-0.4, -0.2) is 34.3 Å². The quantitative estimate of drug-likeness (QED) is 0.771. The van der Waals surface area contributed by atoms with Gasteiger partial charge in [0.15, 0.2) is 0 Å². The Labute approximate surface area is 146 Å². The van der Waals surface area contributed by atoms with Crippen LogP contribution >= 0.6 is 11.6 Å². The second-order valence-electron chi connectivity index (χ2n) is 6.30. The molecular formula is C19H20ClN3O. The Balaban J connectivity index is 1.33. The molecule has 1 fully saturated rings. The first kappa shape index (κ1) is 15.5. The first-order chi connectivity index (χ1) is 11.8. The van der Waals surface area contributed by atoms with E-state index >= 15 is 0 Å². The van der Waals surface area contributed by atoms with Crippen LogP contribution in [-0.2, 0) is 6.54 Å². The molecule has 24 heavy (non-hydrogen) atoms. The van der Waals surface area contributed by atoms with Gasteiger partial charge in [0.25, 0.3) is 0 Å². The van der Waals surface area contributed by atoms with Gasteiger partial charge in [0.2, 0.25) is 0 Å². The van der Waals surface area contributed by atoms with Gasteiger partial charge in [-0.25, -0.2) is 0 Å². The van der Waals surface area contributed by atoms with Gasteiger partial charge in [0.1, 0.15) is 11.9 Å². The Morgan fingerprint density at radius 3 is 2.83 bits per heavy atom. The summed E-state index contributed by atoms with van der Waals surface area (Å²) in [5, 5.41) is 8.95. The monoisotopic (exact) mass is 341 g/mol. The fraction of sp³-hybridized carbons (Fsp3) is 0.316. The minimum atomic E-state index is 0.275. The number of hydrogen-bond acceptors (Lipinski definition) is 3. The summed E-state index contributed by atoms with van der Waals surface area (Å²) in [5.41, 5.74) is 2.24. The molecule has 1 aliphatic heterocycles. The summed E-state index contributed by atoms with van der Waals surface area (Å²) in [6.45, 7) is 2.97. The Morgan fingerprint density at radius 2 is 2.00 bits per heavy atom. The molecule has 1 saturated heterocycles. The lowest BCUT2D eigenvalue weighted by atomic mass is 10.1. The van der Waals surface area contributed by atoms with Gasteiger partial charge in [-0.1, -0.05) is 29.8 Å². The molecule has 1 aliphatic rings. The number of likely N-dealkylation sites (tertiary alicyclic amines) is 1. The molecule has 0 spiro atoms. The number of H-pyrrole nitrogens is 1. The number of rotatable bonds is 4. The Morgan fingerprint density at radius 1 is 1.17 bits per heavy atom. The molecule has 0 radical (unpaired) electrons. The molecule has 0 amide bonds. The van der Waals surface area contributed by atoms with Crippen molar-refractivity contribution in [3.63, 3.8) is 0 Å². The van der Waals surface area contributed by atoms with Crippen molar-refractivity contribution in [2.75, 3.05) is 13.1 Å². The molecule has 124 valence electrons. The molecule has 2 heterocycles. The maximum absolute atomic E-state index is 6.26. The molecule has 1 N–H and O–H groups in total. The predicted octanol–water partition coefficient (Wildman–Crippen LogP) is 4.26. The van der Waals surface area contributed by atoms with E-state index in [2.05, 4.69) is 27.2 Å². The highest BCUT2D eigenvalue weighted by molar-refractivity contribution is 6.31. The van der Waals surface area contributed by atoms with E-state index in [9.17, 15) is 0 Å². The average molecular weight is 342 g/mol. The zero-order chi connectivity index (χ0) is 16.4. The smallest absolute Gasteiger partial charge is 0.120 e. The predicted molar refractivity (Wildman–Crippen MR) is 96.5 cm³/mol. The van der Waals surface area contributed by atoms with Crippen molar-refractivity contribution in [3.8, 4) is 5.75 Å². The summed E-state index contributed by atoms with van der Waals surface area (Å²) < 4.78 is 6.16. The van der Waals surface area contributed by atoms with Gasteiger partial charge < -0.3 is 4.74 Å². The van der Waals surface area contributed by atoms with E-state index < -0.39 is 0 Å². The fourth-order valence-electron chi connectivity index (χ4n) is 3.24. The third kappa shape index (κ3) is 3.40. The van der Waals surface area contributed by atoms with Gasteiger partial charge in [0, 0.05) is 30.0 Å². The third-order valence-corrected chi connectivity index (χ3v) is 4.97. The van der Waals surface area contributed by atoms with Crippen molar-refractivity contribution >= 4 is 22.5 Å². The zero-order valence-corrected chi connectivity index (χ0v) is 14.2. The van der Waals surface area contributed by atoms with E-state index in [-0.39, 0.29) is 6.10 Å². The van der Waals surface area contributed by atoms with Crippen molar-refractivity contribution in [2.45, 2.75) is 25.5 Å². The molecule has 0 aliphatic carbocycles. The largest absolute Gasteiger partial charge is 0.490 e. The van der Waals surface area contributed by atoms with Crippen molar-refractivity contribution in [1.82, 2.24) is 15.1 Å². The van der Waals surface area contributed by atoms with Crippen LogP contribution < -0.4 is 4.74 Å². The summed E-state index contributed by atoms with van der Waals surface area (Å²) >= 11 is 6.26. The van der Waals surface area contributed by atoms with Crippen molar-refractivity contribution < 1.29 is 4.74 Å². The van der Waals surface area contributed by atoms with E-state index in [1.807, 2.05) is 36.5 Å². The van der Waals surface area contributed by atoms with Crippen LogP contribution in [0.25, 0.3) is 10.9 Å². The number of ether oxygens (including phenoxy) is 1. The van der Waals surface area contributed by atoms with Gasteiger partial charge in [-0.3, -0.25) is 10.00 Å². The number of halogens is 1. The molecule has 0 bridgehead atoms. The number of hydrogen-bond donors (Lipinski definition) is 1. The molecule has 0 saturated carbocycles. The second-order valence-corrected chi connectivity index (χ2v) is 6.71. The van der Waals surface area contributed by atoms with Crippen molar-refractivity contribution in [1.29, 1.82) is 0 Å². The first-order valence-corrected chi connectivity index (χ1v) is 8.71. The number of aromatic amines is 1. The summed E-state index contributed by atoms with van der Waals surface area (Å²) in [5.74, 6) is 0.924. The third-order valence-electron chi connectivity index (χ3n) is 4.60. The lowest BCUT2D eigenvalue weighted by Gasteiger charge is -2.32. The van der Waals surface area contributed by atoms with Crippen LogP contribution in [0.3, 0.4) is 0 Å². The molecule has 3 aromatic rings. The maximum Gasteiger partial charge on any atom is 0.120 e. The molecule has 4 rings (SSSR count). The van der Waals surface area contributed by atoms with Crippen LogP contribution in [0.15, 0.2) is 48.7 Å². The molecule has 5 heteroatoms. The molecule has 0 unspecified atom stereocenters. The highest BCUT2D eigenvalue weighted by Gasteiger charge is 2.21. The van der Waals surface area contributed by atoms with E-state index in [0.29, 0.717) is 0 Å². The fourth-order valence-corrected chi connectivity index (χ4v) is 3.43. The zero-order valence-electron chi connectivity index (χ0n) is 13.4. The Kier molecular flexibility index (Phi) is 4.41. The number of piperidine rings is 1. The van der Waals surface area contributed by atoms with Crippen molar-refractivity contribution in [2.24, 2.45) is 0 Å². The SMILES string of the molecule is Clc1ccccc1CN1CCC(Oc2ccc3[nH]ncc3c2)CC1. The van der Waals surface area contributed by atoms with E-state index in [0.717, 1.165) is 54.2 Å². The number of nitrogens with one attached hydrogen (secondary N) is 1. The second kappa shape index (κ2) is 6.83. The average Bonchev–Trinajstić information content (AvgIpc) is 3.06. The minimum absolute atomic E-state index is 0.275. The lowest BCUT2D eigenvalue weighted by molar-refractivity contribution is 0.0969. The summed E-state index contributed by atoms with van der Waals surface area (Å²) in [7, 11) is 0. The first-order valence-electron chi connectivity index (χ1n) is 8.33. The number of aromatic nitrogens is 2.